The number of carbonyl (C=O) groups excluding carboxylic acids is 1. The molecule has 3 nitrogen and oxygen atoms in total. The topological polar surface area (TPSA) is 49.3 Å². The normalized spacial score (nSPS) is 36.5. The molecule has 0 saturated heterocycles. The summed E-state index contributed by atoms with van der Waals surface area (Å²) in [6.07, 6.45) is 4.91. The van der Waals surface area contributed by atoms with Crippen molar-refractivity contribution in [3.8, 4) is 0 Å². The standard InChI is InChI=1S/C10H17NO2/c12-4-3-11-10(13)9-6-7-1-2-8(9)5-7/h7-9,12H,1-6H2,(H,11,13). The van der Waals surface area contributed by atoms with E-state index in [0.29, 0.717) is 12.5 Å². The van der Waals surface area contributed by atoms with Crippen LogP contribution in [0.3, 0.4) is 0 Å². The predicted octanol–water partition coefficient (Wildman–Crippen LogP) is 0.531. The molecule has 2 fully saturated rings. The third kappa shape index (κ3) is 1.70. The van der Waals surface area contributed by atoms with Gasteiger partial charge in [0.1, 0.15) is 0 Å². The molecule has 0 aromatic heterocycles. The van der Waals surface area contributed by atoms with E-state index in [2.05, 4.69) is 5.32 Å². The van der Waals surface area contributed by atoms with Crippen LogP contribution in [-0.2, 0) is 4.79 Å². The van der Waals surface area contributed by atoms with Crippen molar-refractivity contribution in [1.82, 2.24) is 5.32 Å². The van der Waals surface area contributed by atoms with E-state index in [1.54, 1.807) is 0 Å². The van der Waals surface area contributed by atoms with Crippen molar-refractivity contribution in [1.29, 1.82) is 0 Å². The zero-order valence-corrected chi connectivity index (χ0v) is 7.83. The largest absolute Gasteiger partial charge is 0.395 e. The molecule has 3 atom stereocenters. The van der Waals surface area contributed by atoms with Gasteiger partial charge in [-0.3, -0.25) is 4.79 Å². The van der Waals surface area contributed by atoms with Crippen LogP contribution in [0.1, 0.15) is 25.7 Å². The number of fused-ring (bicyclic) bond motifs is 2. The molecule has 0 spiro atoms. The van der Waals surface area contributed by atoms with Crippen molar-refractivity contribution in [2.24, 2.45) is 17.8 Å². The highest BCUT2D eigenvalue weighted by atomic mass is 16.3. The van der Waals surface area contributed by atoms with Crippen molar-refractivity contribution >= 4 is 5.91 Å². The molecular weight excluding hydrogens is 166 g/mol. The Labute approximate surface area is 78.5 Å². The summed E-state index contributed by atoms with van der Waals surface area (Å²) < 4.78 is 0. The van der Waals surface area contributed by atoms with E-state index in [0.717, 1.165) is 12.3 Å². The molecular formula is C10H17NO2. The molecule has 2 N–H and O–H groups in total. The molecule has 2 bridgehead atoms. The smallest absolute Gasteiger partial charge is 0.223 e. The lowest BCUT2D eigenvalue weighted by atomic mass is 9.88. The molecule has 2 rings (SSSR count). The van der Waals surface area contributed by atoms with Crippen molar-refractivity contribution in [3.63, 3.8) is 0 Å². The fourth-order valence-electron chi connectivity index (χ4n) is 2.88. The van der Waals surface area contributed by atoms with Crippen molar-refractivity contribution in [2.75, 3.05) is 13.2 Å². The van der Waals surface area contributed by atoms with E-state index in [-0.39, 0.29) is 18.4 Å². The fraction of sp³-hybridized carbons (Fsp3) is 0.900. The van der Waals surface area contributed by atoms with E-state index in [4.69, 9.17) is 5.11 Å². The number of hydrogen-bond acceptors (Lipinski definition) is 2. The van der Waals surface area contributed by atoms with Gasteiger partial charge >= 0.3 is 0 Å². The van der Waals surface area contributed by atoms with E-state index in [1.165, 1.54) is 19.3 Å². The molecule has 0 radical (unpaired) electrons. The van der Waals surface area contributed by atoms with Crippen molar-refractivity contribution < 1.29 is 9.90 Å². The number of nitrogens with one attached hydrogen (secondary N) is 1. The number of hydrogen-bond donors (Lipinski definition) is 2. The monoisotopic (exact) mass is 183 g/mol. The van der Waals surface area contributed by atoms with Gasteiger partial charge in [-0.05, 0) is 31.1 Å². The Morgan fingerprint density at radius 3 is 2.77 bits per heavy atom. The highest BCUT2D eigenvalue weighted by Gasteiger charge is 2.42. The van der Waals surface area contributed by atoms with Gasteiger partial charge in [0, 0.05) is 12.5 Å². The molecule has 74 valence electrons. The second-order valence-electron chi connectivity index (χ2n) is 4.30. The van der Waals surface area contributed by atoms with Crippen LogP contribution in [-0.4, -0.2) is 24.2 Å². The van der Waals surface area contributed by atoms with E-state index >= 15 is 0 Å². The first-order valence-corrected chi connectivity index (χ1v) is 5.20. The highest BCUT2D eigenvalue weighted by molar-refractivity contribution is 5.79. The van der Waals surface area contributed by atoms with Gasteiger partial charge in [-0.2, -0.15) is 0 Å². The van der Waals surface area contributed by atoms with Gasteiger partial charge in [0.25, 0.3) is 0 Å². The lowest BCUT2D eigenvalue weighted by Gasteiger charge is -2.20. The van der Waals surface area contributed by atoms with Gasteiger partial charge < -0.3 is 10.4 Å². The van der Waals surface area contributed by atoms with E-state index < -0.39 is 0 Å². The quantitative estimate of drug-likeness (QED) is 0.670. The van der Waals surface area contributed by atoms with E-state index in [1.807, 2.05) is 0 Å². The van der Waals surface area contributed by atoms with Gasteiger partial charge in [-0.1, -0.05) is 6.42 Å². The maximum atomic E-state index is 11.6. The van der Waals surface area contributed by atoms with Gasteiger partial charge in [-0.25, -0.2) is 0 Å². The molecule has 0 aromatic rings. The molecule has 2 saturated carbocycles. The minimum absolute atomic E-state index is 0.0482. The molecule has 13 heavy (non-hydrogen) atoms. The van der Waals surface area contributed by atoms with Gasteiger partial charge in [0.2, 0.25) is 5.91 Å². The van der Waals surface area contributed by atoms with Crippen molar-refractivity contribution in [3.05, 3.63) is 0 Å². The molecule has 0 aromatic carbocycles. The Bertz CT molecular complexity index is 205. The Balaban J connectivity index is 1.84. The second-order valence-corrected chi connectivity index (χ2v) is 4.30. The minimum Gasteiger partial charge on any atom is -0.395 e. The summed E-state index contributed by atoms with van der Waals surface area (Å²) in [7, 11) is 0. The lowest BCUT2D eigenvalue weighted by Crippen LogP contribution is -2.35. The summed E-state index contributed by atoms with van der Waals surface area (Å²) in [6, 6.07) is 0. The first-order chi connectivity index (χ1) is 6.31. The SMILES string of the molecule is O=C(NCCO)C1CC2CCC1C2. The molecule has 3 heteroatoms. The van der Waals surface area contributed by atoms with E-state index in [9.17, 15) is 4.79 Å². The molecule has 0 heterocycles. The highest BCUT2D eigenvalue weighted by Crippen LogP contribution is 2.48. The summed E-state index contributed by atoms with van der Waals surface area (Å²) in [5.74, 6) is 1.88. The number of carbonyl (C=O) groups is 1. The molecule has 2 aliphatic carbocycles. The average Bonchev–Trinajstić information content (AvgIpc) is 2.74. The number of aliphatic hydroxyl groups excluding tert-OH is 1. The minimum atomic E-state index is 0.0482. The fourth-order valence-corrected chi connectivity index (χ4v) is 2.88. The predicted molar refractivity (Wildman–Crippen MR) is 49.0 cm³/mol. The van der Waals surface area contributed by atoms with Crippen LogP contribution in [0.25, 0.3) is 0 Å². The van der Waals surface area contributed by atoms with Crippen LogP contribution < -0.4 is 5.32 Å². The van der Waals surface area contributed by atoms with Crippen LogP contribution >= 0.6 is 0 Å². The number of aliphatic hydroxyl groups is 1. The van der Waals surface area contributed by atoms with Crippen LogP contribution in [0, 0.1) is 17.8 Å². The summed E-state index contributed by atoms with van der Waals surface area (Å²) in [5, 5.41) is 11.3. The summed E-state index contributed by atoms with van der Waals surface area (Å²) in [6.45, 7) is 0.458. The zero-order chi connectivity index (χ0) is 9.26. The summed E-state index contributed by atoms with van der Waals surface area (Å²) in [4.78, 5) is 11.6. The van der Waals surface area contributed by atoms with Gasteiger partial charge in [-0.15, -0.1) is 0 Å². The number of rotatable bonds is 3. The van der Waals surface area contributed by atoms with Crippen molar-refractivity contribution in [2.45, 2.75) is 25.7 Å². The Hall–Kier alpha value is -0.570. The summed E-state index contributed by atoms with van der Waals surface area (Å²) >= 11 is 0. The maximum Gasteiger partial charge on any atom is 0.223 e. The van der Waals surface area contributed by atoms with Crippen LogP contribution in [0.4, 0.5) is 0 Å². The van der Waals surface area contributed by atoms with Crippen LogP contribution in [0.5, 0.6) is 0 Å². The first-order valence-electron chi connectivity index (χ1n) is 5.20. The van der Waals surface area contributed by atoms with Crippen LogP contribution in [0.15, 0.2) is 0 Å². The van der Waals surface area contributed by atoms with Gasteiger partial charge in [0.15, 0.2) is 0 Å². The van der Waals surface area contributed by atoms with Crippen LogP contribution in [0.2, 0.25) is 0 Å². The molecule has 2 aliphatic rings. The first kappa shape index (κ1) is 9.00. The average molecular weight is 183 g/mol. The third-order valence-corrected chi connectivity index (χ3v) is 3.49. The zero-order valence-electron chi connectivity index (χ0n) is 7.83. The Morgan fingerprint density at radius 2 is 2.23 bits per heavy atom. The third-order valence-electron chi connectivity index (χ3n) is 3.49. The molecule has 1 amide bonds. The molecule has 0 aliphatic heterocycles. The number of amides is 1. The Kier molecular flexibility index (Phi) is 2.54. The Morgan fingerprint density at radius 1 is 1.38 bits per heavy atom. The second kappa shape index (κ2) is 3.66. The molecule has 3 unspecified atom stereocenters. The summed E-state index contributed by atoms with van der Waals surface area (Å²) in [5.41, 5.74) is 0. The maximum absolute atomic E-state index is 11.6. The lowest BCUT2D eigenvalue weighted by molar-refractivity contribution is -0.126. The van der Waals surface area contributed by atoms with Gasteiger partial charge in [0.05, 0.1) is 6.61 Å².